The molecule has 2 rings (SSSR count). The van der Waals surface area contributed by atoms with Crippen LogP contribution in [-0.2, 0) is 6.54 Å². The van der Waals surface area contributed by atoms with Crippen LogP contribution in [0, 0.1) is 6.92 Å². The molecule has 0 unspecified atom stereocenters. The molecule has 4 nitrogen and oxygen atoms in total. The Morgan fingerprint density at radius 2 is 2.29 bits per heavy atom. The molecule has 0 aromatic carbocycles. The van der Waals surface area contributed by atoms with Gasteiger partial charge in [0.25, 0.3) is 0 Å². The first-order valence-electron chi connectivity index (χ1n) is 4.47. The summed E-state index contributed by atoms with van der Waals surface area (Å²) in [6.45, 7) is 2.47. The highest BCUT2D eigenvalue weighted by molar-refractivity contribution is 5.27. The Kier molecular flexibility index (Phi) is 2.28. The summed E-state index contributed by atoms with van der Waals surface area (Å²) in [7, 11) is 0. The number of aromatic nitrogens is 3. The molecule has 0 aliphatic heterocycles. The van der Waals surface area contributed by atoms with Crippen LogP contribution in [0.1, 0.15) is 11.3 Å². The van der Waals surface area contributed by atoms with E-state index in [4.69, 9.17) is 5.73 Å². The van der Waals surface area contributed by atoms with Crippen LogP contribution in [0.3, 0.4) is 0 Å². The molecule has 0 amide bonds. The minimum absolute atomic E-state index is 0.524. The van der Waals surface area contributed by atoms with E-state index < -0.39 is 0 Å². The topological polar surface area (TPSA) is 56.7 Å². The number of hydrogen-bond donors (Lipinski definition) is 1. The lowest BCUT2D eigenvalue weighted by Gasteiger charge is -2.01. The number of rotatable bonds is 2. The molecule has 0 radical (unpaired) electrons. The first kappa shape index (κ1) is 8.90. The van der Waals surface area contributed by atoms with Crippen LogP contribution in [0.15, 0.2) is 30.6 Å². The summed E-state index contributed by atoms with van der Waals surface area (Å²) in [5, 5.41) is 4.27. The smallest absolute Gasteiger partial charge is 0.153 e. The van der Waals surface area contributed by atoms with Crippen molar-refractivity contribution in [2.24, 2.45) is 5.73 Å². The first-order chi connectivity index (χ1) is 6.79. The average molecular weight is 188 g/mol. The predicted octanol–water partition coefficient (Wildman–Crippen LogP) is 1.03. The third-order valence-electron chi connectivity index (χ3n) is 2.00. The molecule has 0 aliphatic carbocycles. The maximum absolute atomic E-state index is 5.54. The highest BCUT2D eigenvalue weighted by atomic mass is 15.3. The lowest BCUT2D eigenvalue weighted by Crippen LogP contribution is -2.02. The van der Waals surface area contributed by atoms with Gasteiger partial charge in [-0.05, 0) is 30.7 Å². The highest BCUT2D eigenvalue weighted by Crippen LogP contribution is 2.06. The molecule has 0 fully saturated rings. The van der Waals surface area contributed by atoms with Crippen molar-refractivity contribution in [2.75, 3.05) is 0 Å². The maximum Gasteiger partial charge on any atom is 0.153 e. The van der Waals surface area contributed by atoms with Crippen LogP contribution in [0.25, 0.3) is 5.82 Å². The van der Waals surface area contributed by atoms with Gasteiger partial charge in [-0.2, -0.15) is 5.10 Å². The van der Waals surface area contributed by atoms with E-state index in [0.29, 0.717) is 6.54 Å². The molecule has 2 heterocycles. The van der Waals surface area contributed by atoms with Gasteiger partial charge in [0.05, 0.1) is 5.69 Å². The lowest BCUT2D eigenvalue weighted by atomic mass is 10.2. The van der Waals surface area contributed by atoms with Gasteiger partial charge in [0.15, 0.2) is 5.82 Å². The molecule has 0 bridgehead atoms. The number of pyridine rings is 1. The van der Waals surface area contributed by atoms with Crippen molar-refractivity contribution in [1.82, 2.24) is 14.8 Å². The third-order valence-corrected chi connectivity index (χ3v) is 2.00. The van der Waals surface area contributed by atoms with Crippen LogP contribution in [0.4, 0.5) is 0 Å². The van der Waals surface area contributed by atoms with E-state index >= 15 is 0 Å². The van der Waals surface area contributed by atoms with Gasteiger partial charge in [0, 0.05) is 18.9 Å². The molecule has 0 atom stereocenters. The quantitative estimate of drug-likeness (QED) is 0.766. The largest absolute Gasteiger partial charge is 0.326 e. The standard InChI is InChI=1S/C10H12N4/c1-8-3-5-14(13-8)10-6-9(7-11)2-4-12-10/h2-6H,7,11H2,1H3. The van der Waals surface area contributed by atoms with Crippen molar-refractivity contribution in [3.05, 3.63) is 41.9 Å². The molecular weight excluding hydrogens is 176 g/mol. The molecule has 14 heavy (non-hydrogen) atoms. The monoisotopic (exact) mass is 188 g/mol. The third kappa shape index (κ3) is 1.65. The number of hydrogen-bond acceptors (Lipinski definition) is 3. The number of nitrogens with two attached hydrogens (primary N) is 1. The molecule has 72 valence electrons. The van der Waals surface area contributed by atoms with Gasteiger partial charge < -0.3 is 5.73 Å². The fourth-order valence-corrected chi connectivity index (χ4v) is 1.26. The van der Waals surface area contributed by atoms with Gasteiger partial charge in [0.2, 0.25) is 0 Å². The predicted molar refractivity (Wildman–Crippen MR) is 54.0 cm³/mol. The minimum Gasteiger partial charge on any atom is -0.326 e. The second-order valence-corrected chi connectivity index (χ2v) is 3.13. The fourth-order valence-electron chi connectivity index (χ4n) is 1.26. The van der Waals surface area contributed by atoms with Crippen molar-refractivity contribution in [3.63, 3.8) is 0 Å². The summed E-state index contributed by atoms with van der Waals surface area (Å²) in [6.07, 6.45) is 3.63. The van der Waals surface area contributed by atoms with Crippen molar-refractivity contribution < 1.29 is 0 Å². The Hall–Kier alpha value is -1.68. The van der Waals surface area contributed by atoms with Crippen LogP contribution < -0.4 is 5.73 Å². The van der Waals surface area contributed by atoms with Gasteiger partial charge in [-0.15, -0.1) is 0 Å². The zero-order chi connectivity index (χ0) is 9.97. The van der Waals surface area contributed by atoms with Crippen molar-refractivity contribution in [3.8, 4) is 5.82 Å². The van der Waals surface area contributed by atoms with Crippen LogP contribution in [0.2, 0.25) is 0 Å². The Labute approximate surface area is 82.4 Å². The molecule has 2 N–H and O–H groups in total. The van der Waals surface area contributed by atoms with Gasteiger partial charge >= 0.3 is 0 Å². The molecule has 0 saturated heterocycles. The first-order valence-corrected chi connectivity index (χ1v) is 4.47. The van der Waals surface area contributed by atoms with Crippen LogP contribution >= 0.6 is 0 Å². The number of aryl methyl sites for hydroxylation is 1. The second-order valence-electron chi connectivity index (χ2n) is 3.13. The average Bonchev–Trinajstić information content (AvgIpc) is 2.65. The molecule has 0 spiro atoms. The summed E-state index contributed by atoms with van der Waals surface area (Å²) in [6, 6.07) is 5.78. The number of nitrogens with zero attached hydrogens (tertiary/aromatic N) is 3. The molecule has 4 heteroatoms. The molecule has 2 aromatic heterocycles. The minimum atomic E-state index is 0.524. The zero-order valence-corrected chi connectivity index (χ0v) is 8.01. The zero-order valence-electron chi connectivity index (χ0n) is 8.01. The maximum atomic E-state index is 5.54. The summed E-state index contributed by atoms with van der Waals surface area (Å²) >= 11 is 0. The van der Waals surface area contributed by atoms with Gasteiger partial charge in [0.1, 0.15) is 0 Å². The molecule has 0 saturated carbocycles. The SMILES string of the molecule is Cc1ccn(-c2cc(CN)ccn2)n1. The Morgan fingerprint density at radius 3 is 2.93 bits per heavy atom. The van der Waals surface area contributed by atoms with E-state index in [9.17, 15) is 0 Å². The van der Waals surface area contributed by atoms with Gasteiger partial charge in [-0.3, -0.25) is 0 Å². The molecule has 2 aromatic rings. The van der Waals surface area contributed by atoms with Crippen molar-refractivity contribution in [1.29, 1.82) is 0 Å². The Bertz CT molecular complexity index is 433. The van der Waals surface area contributed by atoms with E-state index in [1.165, 1.54) is 0 Å². The van der Waals surface area contributed by atoms with E-state index in [1.807, 2.05) is 31.3 Å². The fraction of sp³-hybridized carbons (Fsp3) is 0.200. The summed E-state index contributed by atoms with van der Waals surface area (Å²) in [5.74, 6) is 0.807. The van der Waals surface area contributed by atoms with Crippen LogP contribution in [-0.4, -0.2) is 14.8 Å². The van der Waals surface area contributed by atoms with Crippen LogP contribution in [0.5, 0.6) is 0 Å². The normalized spacial score (nSPS) is 10.4. The van der Waals surface area contributed by atoms with Gasteiger partial charge in [-0.25, -0.2) is 9.67 Å². The van der Waals surface area contributed by atoms with E-state index in [1.54, 1.807) is 10.9 Å². The Morgan fingerprint density at radius 1 is 1.43 bits per heavy atom. The van der Waals surface area contributed by atoms with Crippen molar-refractivity contribution >= 4 is 0 Å². The highest BCUT2D eigenvalue weighted by Gasteiger charge is 1.99. The summed E-state index contributed by atoms with van der Waals surface area (Å²) in [4.78, 5) is 4.22. The second kappa shape index (κ2) is 3.59. The van der Waals surface area contributed by atoms with E-state index in [0.717, 1.165) is 17.1 Å². The molecule has 0 aliphatic rings. The Balaban J connectivity index is 2.41. The lowest BCUT2D eigenvalue weighted by molar-refractivity contribution is 0.828. The molecular formula is C10H12N4. The van der Waals surface area contributed by atoms with Gasteiger partial charge in [-0.1, -0.05) is 0 Å². The van der Waals surface area contributed by atoms with E-state index in [-0.39, 0.29) is 0 Å². The summed E-state index contributed by atoms with van der Waals surface area (Å²) < 4.78 is 1.74. The summed E-state index contributed by atoms with van der Waals surface area (Å²) in [5.41, 5.74) is 7.58. The van der Waals surface area contributed by atoms with Crippen molar-refractivity contribution in [2.45, 2.75) is 13.5 Å². The van der Waals surface area contributed by atoms with E-state index in [2.05, 4.69) is 10.1 Å².